The summed E-state index contributed by atoms with van der Waals surface area (Å²) in [4.78, 5) is 29.8. The number of allylic oxidation sites excluding steroid dienone is 1. The van der Waals surface area contributed by atoms with E-state index in [1.165, 1.54) is 12.1 Å². The number of rotatable bonds is 8. The van der Waals surface area contributed by atoms with Crippen molar-refractivity contribution in [2.45, 2.75) is 30.7 Å². The molecule has 1 aliphatic carbocycles. The Labute approximate surface area is 237 Å². The Morgan fingerprint density at radius 3 is 2.59 bits per heavy atom. The van der Waals surface area contributed by atoms with Gasteiger partial charge in [0.2, 0.25) is 11.9 Å². The van der Waals surface area contributed by atoms with E-state index in [0.717, 1.165) is 50.3 Å². The number of carbonyl (C=O) groups is 1. The maximum absolute atomic E-state index is 15.0. The fraction of sp³-hybridized carbons (Fsp3) is 0.357. The normalized spacial score (nSPS) is 16.7. The number of hydrogen-bond acceptors (Lipinski definition) is 9. The molecule has 13 heteroatoms. The van der Waals surface area contributed by atoms with E-state index in [1.807, 2.05) is 6.92 Å². The molecule has 41 heavy (non-hydrogen) atoms. The van der Waals surface area contributed by atoms with Gasteiger partial charge in [-0.15, -0.1) is 0 Å². The van der Waals surface area contributed by atoms with Gasteiger partial charge in [-0.05, 0) is 43.7 Å². The smallest absolute Gasteiger partial charge is 0.242 e. The molecule has 10 nitrogen and oxygen atoms in total. The number of sulfone groups is 1. The zero-order valence-corrected chi connectivity index (χ0v) is 23.8. The Bertz CT molecular complexity index is 1620. The summed E-state index contributed by atoms with van der Waals surface area (Å²) in [5.41, 5.74) is 1.71. The summed E-state index contributed by atoms with van der Waals surface area (Å²) in [6.45, 7) is 5.39. The molecule has 5 rings (SSSR count). The number of benzene rings is 1. The molecule has 0 saturated carbocycles. The van der Waals surface area contributed by atoms with Gasteiger partial charge in [-0.1, -0.05) is 19.1 Å². The monoisotopic (exact) mass is 583 g/mol. The molecule has 2 N–H and O–H groups in total. The molecule has 1 saturated heterocycles. The van der Waals surface area contributed by atoms with Crippen LogP contribution in [0.25, 0.3) is 5.57 Å². The lowest BCUT2D eigenvalue weighted by Crippen LogP contribution is -2.52. The zero-order chi connectivity index (χ0) is 29.3. The number of nitrogens with zero attached hydrogens (tertiary/aromatic N) is 5. The van der Waals surface area contributed by atoms with Crippen molar-refractivity contribution >= 4 is 38.8 Å². The lowest BCUT2D eigenvalue weighted by atomic mass is 10.0. The number of piperazine rings is 1. The van der Waals surface area contributed by atoms with E-state index in [0.29, 0.717) is 29.8 Å². The first-order valence-electron chi connectivity index (χ1n) is 13.3. The van der Waals surface area contributed by atoms with Gasteiger partial charge in [-0.2, -0.15) is 0 Å². The van der Waals surface area contributed by atoms with Crippen LogP contribution in [-0.4, -0.2) is 84.6 Å². The predicted molar refractivity (Wildman–Crippen MR) is 152 cm³/mol. The van der Waals surface area contributed by atoms with Gasteiger partial charge in [0.1, 0.15) is 16.4 Å². The van der Waals surface area contributed by atoms with E-state index in [4.69, 9.17) is 0 Å². The van der Waals surface area contributed by atoms with Crippen molar-refractivity contribution < 1.29 is 22.0 Å². The molecule has 0 bridgehead atoms. The van der Waals surface area contributed by atoms with Crippen LogP contribution in [-0.2, 0) is 21.1 Å². The van der Waals surface area contributed by atoms with Crippen LogP contribution in [0.1, 0.15) is 30.2 Å². The van der Waals surface area contributed by atoms with Gasteiger partial charge < -0.3 is 15.5 Å². The molecule has 1 fully saturated rings. The van der Waals surface area contributed by atoms with Gasteiger partial charge in [0.05, 0.1) is 17.9 Å². The number of carbonyl (C=O) groups excluding carboxylic acids is 1. The summed E-state index contributed by atoms with van der Waals surface area (Å²) < 4.78 is 53.7. The number of amides is 1. The summed E-state index contributed by atoms with van der Waals surface area (Å²) in [6, 6.07) is 5.33. The third-order valence-corrected chi connectivity index (χ3v) is 8.49. The first kappa shape index (κ1) is 28.7. The highest BCUT2D eigenvalue weighted by atomic mass is 32.2. The van der Waals surface area contributed by atoms with Crippen LogP contribution in [0.3, 0.4) is 0 Å². The molecule has 0 spiro atoms. The summed E-state index contributed by atoms with van der Waals surface area (Å²) in [5, 5.41) is 5.65. The minimum Gasteiger partial charge on any atom is -0.322 e. The molecule has 2 aliphatic rings. The zero-order valence-electron chi connectivity index (χ0n) is 23.0. The highest BCUT2D eigenvalue weighted by Crippen LogP contribution is 2.36. The minimum absolute atomic E-state index is 0.0201. The number of likely N-dealkylation sites (N-methyl/N-ethyl adjacent to an activating group) is 1. The van der Waals surface area contributed by atoms with Crippen molar-refractivity contribution in [1.29, 1.82) is 0 Å². The van der Waals surface area contributed by atoms with Gasteiger partial charge in [-0.25, -0.2) is 32.2 Å². The van der Waals surface area contributed by atoms with Crippen LogP contribution >= 0.6 is 0 Å². The van der Waals surface area contributed by atoms with Crippen LogP contribution < -0.4 is 10.6 Å². The molecule has 0 radical (unpaired) electrons. The van der Waals surface area contributed by atoms with E-state index >= 15 is 4.39 Å². The fourth-order valence-electron chi connectivity index (χ4n) is 5.17. The standard InChI is InChI=1S/C28H31F2N7O3S/c1-4-22(37-14-12-36(2)13-15-37)27(38)35-26-19-9-8-18(17(19)10-11-31-26)25-20(29)16-32-28(34-25)33-21-6-5-7-23(24(21)30)41(3,39)40/h5-8,10-11,16,22H,4,9,12-15H2,1-3H3,(H,31,35,38)(H,32,33,34). The largest absolute Gasteiger partial charge is 0.322 e. The van der Waals surface area contributed by atoms with E-state index in [1.54, 1.807) is 18.3 Å². The van der Waals surface area contributed by atoms with Crippen molar-refractivity contribution in [2.24, 2.45) is 0 Å². The van der Waals surface area contributed by atoms with Crippen molar-refractivity contribution in [3.63, 3.8) is 0 Å². The average Bonchev–Trinajstić information content (AvgIpc) is 3.37. The van der Waals surface area contributed by atoms with Crippen LogP contribution in [0, 0.1) is 11.6 Å². The molecule has 3 heterocycles. The molecule has 216 valence electrons. The van der Waals surface area contributed by atoms with Gasteiger partial charge in [0, 0.05) is 49.8 Å². The highest BCUT2D eigenvalue weighted by Gasteiger charge is 2.29. The van der Waals surface area contributed by atoms with E-state index < -0.39 is 26.4 Å². The van der Waals surface area contributed by atoms with Crippen LogP contribution in [0.15, 0.2) is 47.6 Å². The van der Waals surface area contributed by atoms with E-state index in [2.05, 4.69) is 42.4 Å². The number of nitrogens with one attached hydrogen (secondary N) is 2. The van der Waals surface area contributed by atoms with E-state index in [-0.39, 0.29) is 29.3 Å². The number of fused-ring (bicyclic) bond motifs is 1. The number of halogens is 2. The number of anilines is 3. The highest BCUT2D eigenvalue weighted by molar-refractivity contribution is 7.90. The quantitative estimate of drug-likeness (QED) is 0.412. The SMILES string of the molecule is CCC(C(=O)Nc1nccc2c1CC=C2c1nc(Nc2cccc(S(C)(=O)=O)c2F)ncc1F)N1CCN(C)CC1. The number of pyridine rings is 1. The predicted octanol–water partition coefficient (Wildman–Crippen LogP) is 3.25. The summed E-state index contributed by atoms with van der Waals surface area (Å²) >= 11 is 0. The first-order chi connectivity index (χ1) is 19.6. The molecular weight excluding hydrogens is 552 g/mol. The van der Waals surface area contributed by atoms with Crippen molar-refractivity contribution in [1.82, 2.24) is 24.8 Å². The van der Waals surface area contributed by atoms with Crippen LogP contribution in [0.5, 0.6) is 0 Å². The molecule has 1 aliphatic heterocycles. The topological polar surface area (TPSA) is 120 Å². The summed E-state index contributed by atoms with van der Waals surface area (Å²) in [6.07, 6.45) is 6.27. The Morgan fingerprint density at radius 1 is 1.12 bits per heavy atom. The fourth-order valence-corrected chi connectivity index (χ4v) is 5.93. The lowest BCUT2D eigenvalue weighted by molar-refractivity contribution is -0.122. The van der Waals surface area contributed by atoms with Gasteiger partial charge in [-0.3, -0.25) is 9.69 Å². The Kier molecular flexibility index (Phi) is 8.11. The molecule has 1 aromatic carbocycles. The molecule has 1 atom stereocenters. The minimum atomic E-state index is -3.80. The Balaban J connectivity index is 1.38. The molecule has 1 amide bonds. The average molecular weight is 584 g/mol. The third-order valence-electron chi connectivity index (χ3n) is 7.37. The molecule has 2 aromatic heterocycles. The second-order valence-electron chi connectivity index (χ2n) is 10.2. The lowest BCUT2D eigenvalue weighted by Gasteiger charge is -2.36. The van der Waals surface area contributed by atoms with Gasteiger partial charge in [0.25, 0.3) is 0 Å². The third kappa shape index (κ3) is 5.97. The van der Waals surface area contributed by atoms with Crippen molar-refractivity contribution in [2.75, 3.05) is 50.1 Å². The molecule has 3 aromatic rings. The molecule has 1 unspecified atom stereocenters. The summed E-state index contributed by atoms with van der Waals surface area (Å²) in [7, 11) is -1.74. The van der Waals surface area contributed by atoms with Crippen molar-refractivity contribution in [3.05, 3.63) is 71.2 Å². The number of hydrogen-bond donors (Lipinski definition) is 2. The maximum Gasteiger partial charge on any atom is 0.242 e. The summed E-state index contributed by atoms with van der Waals surface area (Å²) in [5.74, 6) is -1.50. The van der Waals surface area contributed by atoms with Crippen LogP contribution in [0.4, 0.5) is 26.2 Å². The second kappa shape index (κ2) is 11.6. The van der Waals surface area contributed by atoms with Gasteiger partial charge >= 0.3 is 0 Å². The Morgan fingerprint density at radius 2 is 1.88 bits per heavy atom. The Hall–Kier alpha value is -3.81. The van der Waals surface area contributed by atoms with E-state index in [9.17, 15) is 17.6 Å². The van der Waals surface area contributed by atoms with Gasteiger partial charge in [0.15, 0.2) is 21.5 Å². The molecular formula is C28H31F2N7O3S. The van der Waals surface area contributed by atoms with Crippen molar-refractivity contribution in [3.8, 4) is 0 Å². The second-order valence-corrected chi connectivity index (χ2v) is 12.1. The first-order valence-corrected chi connectivity index (χ1v) is 15.2. The number of aromatic nitrogens is 3. The van der Waals surface area contributed by atoms with Crippen LogP contribution in [0.2, 0.25) is 0 Å². The maximum atomic E-state index is 15.0.